The molecule has 0 bridgehead atoms. The van der Waals surface area contributed by atoms with Crippen LogP contribution in [0, 0.1) is 0 Å². The first-order valence-electron chi connectivity index (χ1n) is 2.54. The molecule has 0 heterocycles. The summed E-state index contributed by atoms with van der Waals surface area (Å²) in [5.41, 5.74) is 0. The molecule has 1 N–H and O–H groups in total. The zero-order valence-corrected chi connectivity index (χ0v) is 6.50. The highest BCUT2D eigenvalue weighted by Crippen LogP contribution is 2.25. The predicted octanol–water partition coefficient (Wildman–Crippen LogP) is 1.95. The van der Waals surface area contributed by atoms with Gasteiger partial charge in [-0.25, -0.2) is 0 Å². The Labute approximate surface area is 59.6 Å². The Kier molecular flexibility index (Phi) is 3.10. The van der Waals surface area contributed by atoms with Crippen molar-refractivity contribution < 1.29 is 5.11 Å². The van der Waals surface area contributed by atoms with Crippen LogP contribution in [0.3, 0.4) is 0 Å². The SMILES string of the molecule is CCC(O)C(C)(Cl)Cl. The van der Waals surface area contributed by atoms with Gasteiger partial charge in [0.1, 0.15) is 4.33 Å². The zero-order chi connectivity index (χ0) is 6.78. The Morgan fingerprint density at radius 2 is 2.00 bits per heavy atom. The Bertz CT molecular complexity index is 67.3. The van der Waals surface area contributed by atoms with Crippen molar-refractivity contribution in [3.05, 3.63) is 0 Å². The summed E-state index contributed by atoms with van der Waals surface area (Å²) in [5, 5.41) is 8.93. The first-order valence-corrected chi connectivity index (χ1v) is 3.30. The second-order valence-corrected chi connectivity index (χ2v) is 3.64. The van der Waals surface area contributed by atoms with E-state index in [0.29, 0.717) is 6.42 Å². The number of halogens is 2. The van der Waals surface area contributed by atoms with Crippen LogP contribution in [0.2, 0.25) is 0 Å². The summed E-state index contributed by atoms with van der Waals surface area (Å²) >= 11 is 11.0. The molecular formula is C5H10Cl2O. The van der Waals surface area contributed by atoms with Gasteiger partial charge in [0.05, 0.1) is 6.10 Å². The van der Waals surface area contributed by atoms with E-state index >= 15 is 0 Å². The molecule has 1 unspecified atom stereocenters. The van der Waals surface area contributed by atoms with Gasteiger partial charge in [-0.3, -0.25) is 0 Å². The molecule has 0 aliphatic carbocycles. The van der Waals surface area contributed by atoms with Crippen molar-refractivity contribution in [2.24, 2.45) is 0 Å². The maximum absolute atomic E-state index is 8.93. The predicted molar refractivity (Wildman–Crippen MR) is 36.4 cm³/mol. The molecule has 0 aromatic heterocycles. The minimum absolute atomic E-state index is 0.587. The summed E-state index contributed by atoms with van der Waals surface area (Å²) in [7, 11) is 0. The molecule has 8 heavy (non-hydrogen) atoms. The monoisotopic (exact) mass is 156 g/mol. The minimum Gasteiger partial charge on any atom is -0.390 e. The highest BCUT2D eigenvalue weighted by molar-refractivity contribution is 6.48. The molecule has 50 valence electrons. The van der Waals surface area contributed by atoms with Gasteiger partial charge in [0.25, 0.3) is 0 Å². The quantitative estimate of drug-likeness (QED) is 0.607. The van der Waals surface area contributed by atoms with Gasteiger partial charge in [-0.05, 0) is 13.3 Å². The van der Waals surface area contributed by atoms with Crippen LogP contribution < -0.4 is 0 Å². The average Bonchev–Trinajstić information content (AvgIpc) is 1.62. The molecule has 0 aliphatic rings. The van der Waals surface area contributed by atoms with E-state index in [4.69, 9.17) is 28.3 Å². The van der Waals surface area contributed by atoms with Crippen LogP contribution in [0.5, 0.6) is 0 Å². The normalized spacial score (nSPS) is 16.1. The standard InChI is InChI=1S/C5H10Cl2O/c1-3-4(8)5(2,6)7/h4,8H,3H2,1-2H3. The summed E-state index contributed by atoms with van der Waals surface area (Å²) < 4.78 is -0.991. The fourth-order valence-corrected chi connectivity index (χ4v) is 0.667. The van der Waals surface area contributed by atoms with Crippen molar-refractivity contribution in [2.45, 2.75) is 30.7 Å². The molecule has 0 amide bonds. The molecule has 0 aromatic carbocycles. The van der Waals surface area contributed by atoms with Gasteiger partial charge in [0, 0.05) is 0 Å². The van der Waals surface area contributed by atoms with Crippen LogP contribution in [0.4, 0.5) is 0 Å². The van der Waals surface area contributed by atoms with E-state index in [-0.39, 0.29) is 0 Å². The lowest BCUT2D eigenvalue weighted by molar-refractivity contribution is 0.157. The minimum atomic E-state index is -0.991. The molecule has 0 rings (SSSR count). The topological polar surface area (TPSA) is 20.2 Å². The molecule has 0 radical (unpaired) electrons. The van der Waals surface area contributed by atoms with Gasteiger partial charge in [0.2, 0.25) is 0 Å². The Morgan fingerprint density at radius 3 is 2.00 bits per heavy atom. The van der Waals surface area contributed by atoms with Crippen molar-refractivity contribution in [1.82, 2.24) is 0 Å². The molecule has 0 saturated carbocycles. The van der Waals surface area contributed by atoms with E-state index in [9.17, 15) is 0 Å². The highest BCUT2D eigenvalue weighted by Gasteiger charge is 2.25. The number of alkyl halides is 2. The summed E-state index contributed by atoms with van der Waals surface area (Å²) in [4.78, 5) is 0. The van der Waals surface area contributed by atoms with Gasteiger partial charge >= 0.3 is 0 Å². The van der Waals surface area contributed by atoms with Gasteiger partial charge in [-0.1, -0.05) is 30.1 Å². The van der Waals surface area contributed by atoms with Crippen molar-refractivity contribution in [3.8, 4) is 0 Å². The molecular weight excluding hydrogens is 147 g/mol. The smallest absolute Gasteiger partial charge is 0.141 e. The van der Waals surface area contributed by atoms with Crippen LogP contribution in [-0.2, 0) is 0 Å². The second-order valence-electron chi connectivity index (χ2n) is 1.88. The van der Waals surface area contributed by atoms with Gasteiger partial charge in [0.15, 0.2) is 0 Å². The summed E-state index contributed by atoms with van der Waals surface area (Å²) in [6.07, 6.45) is -0.0328. The molecule has 0 fully saturated rings. The van der Waals surface area contributed by atoms with Crippen LogP contribution >= 0.6 is 23.2 Å². The molecule has 0 aliphatic heterocycles. The third kappa shape index (κ3) is 2.75. The third-order valence-electron chi connectivity index (χ3n) is 0.972. The maximum Gasteiger partial charge on any atom is 0.141 e. The Morgan fingerprint density at radius 1 is 1.62 bits per heavy atom. The van der Waals surface area contributed by atoms with E-state index in [1.165, 1.54) is 0 Å². The molecule has 0 aromatic rings. The molecule has 3 heteroatoms. The fourth-order valence-electron chi connectivity index (χ4n) is 0.358. The maximum atomic E-state index is 8.93. The lowest BCUT2D eigenvalue weighted by atomic mass is 10.2. The van der Waals surface area contributed by atoms with E-state index in [1.807, 2.05) is 6.92 Å². The lowest BCUT2D eigenvalue weighted by Crippen LogP contribution is -2.26. The first kappa shape index (κ1) is 8.54. The highest BCUT2D eigenvalue weighted by atomic mass is 35.5. The van der Waals surface area contributed by atoms with Crippen molar-refractivity contribution in [2.75, 3.05) is 0 Å². The Balaban J connectivity index is 3.62. The fraction of sp³-hybridized carbons (Fsp3) is 1.00. The summed E-state index contributed by atoms with van der Waals surface area (Å²) in [5.74, 6) is 0. The van der Waals surface area contributed by atoms with E-state index in [0.717, 1.165) is 0 Å². The van der Waals surface area contributed by atoms with Crippen molar-refractivity contribution in [3.63, 3.8) is 0 Å². The zero-order valence-electron chi connectivity index (χ0n) is 4.99. The van der Waals surface area contributed by atoms with Gasteiger partial charge in [-0.2, -0.15) is 0 Å². The molecule has 1 atom stereocenters. The number of rotatable bonds is 2. The van der Waals surface area contributed by atoms with Gasteiger partial charge in [-0.15, -0.1) is 0 Å². The van der Waals surface area contributed by atoms with E-state index in [2.05, 4.69) is 0 Å². The van der Waals surface area contributed by atoms with Crippen LogP contribution in [0.15, 0.2) is 0 Å². The summed E-state index contributed by atoms with van der Waals surface area (Å²) in [6, 6.07) is 0. The summed E-state index contributed by atoms with van der Waals surface area (Å²) in [6.45, 7) is 3.40. The van der Waals surface area contributed by atoms with Crippen molar-refractivity contribution in [1.29, 1.82) is 0 Å². The van der Waals surface area contributed by atoms with Crippen LogP contribution in [0.1, 0.15) is 20.3 Å². The van der Waals surface area contributed by atoms with E-state index in [1.54, 1.807) is 6.92 Å². The number of hydrogen-bond donors (Lipinski definition) is 1. The second kappa shape index (κ2) is 2.90. The number of hydrogen-bond acceptors (Lipinski definition) is 1. The number of aliphatic hydroxyl groups excluding tert-OH is 1. The number of aliphatic hydroxyl groups is 1. The molecule has 0 saturated heterocycles. The van der Waals surface area contributed by atoms with E-state index < -0.39 is 10.4 Å². The van der Waals surface area contributed by atoms with Crippen LogP contribution in [0.25, 0.3) is 0 Å². The largest absolute Gasteiger partial charge is 0.390 e. The molecule has 0 spiro atoms. The van der Waals surface area contributed by atoms with Crippen molar-refractivity contribution >= 4 is 23.2 Å². The molecule has 1 nitrogen and oxygen atoms in total. The first-order chi connectivity index (χ1) is 3.48. The van der Waals surface area contributed by atoms with Gasteiger partial charge < -0.3 is 5.11 Å². The lowest BCUT2D eigenvalue weighted by Gasteiger charge is -2.18. The van der Waals surface area contributed by atoms with Crippen LogP contribution in [-0.4, -0.2) is 15.5 Å². The Hall–Kier alpha value is 0.540. The average molecular weight is 157 g/mol. The third-order valence-corrected chi connectivity index (χ3v) is 1.48.